The maximum atomic E-state index is 2.59. The molecule has 0 saturated heterocycles. The Morgan fingerprint density at radius 2 is 0.779 bits per heavy atom. The zero-order valence-electron chi connectivity index (χ0n) is 44.4. The van der Waals surface area contributed by atoms with Crippen molar-refractivity contribution in [1.29, 1.82) is 0 Å². The van der Waals surface area contributed by atoms with E-state index < -0.39 is 0 Å². The van der Waals surface area contributed by atoms with E-state index in [1.165, 1.54) is 106 Å². The van der Waals surface area contributed by atoms with Crippen molar-refractivity contribution >= 4 is 96.1 Å². The summed E-state index contributed by atoms with van der Waals surface area (Å²) in [5.74, 6) is 0. The number of rotatable bonds is 8. The fourth-order valence-corrected chi connectivity index (χ4v) is 13.3. The van der Waals surface area contributed by atoms with Gasteiger partial charge in [0.2, 0.25) is 0 Å². The Morgan fingerprint density at radius 1 is 0.325 bits per heavy atom. The van der Waals surface area contributed by atoms with Crippen molar-refractivity contribution in [2.45, 2.75) is 41.5 Å². The minimum absolute atomic E-state index is 0.0370. The van der Waals surface area contributed by atoms with Crippen molar-refractivity contribution in [3.63, 3.8) is 0 Å². The summed E-state index contributed by atoms with van der Waals surface area (Å²) >= 11 is 0. The quantitative estimate of drug-likeness (QED) is 0.141. The van der Waals surface area contributed by atoms with Crippen LogP contribution in [0.2, 0.25) is 0 Å². The first-order chi connectivity index (χ1) is 37.7. The minimum Gasteiger partial charge on any atom is -0.311 e. The lowest BCUT2D eigenvalue weighted by atomic mass is 9.33. The number of hydrogen-bond acceptors (Lipinski definition) is 3. The molecule has 0 N–H and O–H groups in total. The van der Waals surface area contributed by atoms with Gasteiger partial charge in [0.15, 0.2) is 0 Å². The SMILES string of the molecule is Cc1cc(C)c(N(c2ccc3c(c2)N(c2ccccc2-n2c4ccc(-c5ccccc5)cc4c4cc(-c5ccccc5)ccc42)c2cccc4c2B3c2ccccc2N4c2ccccc2)c2c(C)cc(C)cc2C)c(C)c1. The highest BCUT2D eigenvalue weighted by Gasteiger charge is 2.44. The molecule has 4 nitrogen and oxygen atoms in total. The number of anilines is 9. The summed E-state index contributed by atoms with van der Waals surface area (Å²) in [5, 5.41) is 2.43. The van der Waals surface area contributed by atoms with Gasteiger partial charge in [-0.1, -0.05) is 169 Å². The molecule has 2 aliphatic heterocycles. The lowest BCUT2D eigenvalue weighted by Gasteiger charge is -2.44. The van der Waals surface area contributed by atoms with Crippen LogP contribution >= 0.6 is 0 Å². The molecule has 0 spiro atoms. The van der Waals surface area contributed by atoms with Crippen LogP contribution in [0.1, 0.15) is 33.4 Å². The predicted octanol–water partition coefficient (Wildman–Crippen LogP) is 17.5. The molecule has 0 unspecified atom stereocenters. The average molecular weight is 989 g/mol. The summed E-state index contributed by atoms with van der Waals surface area (Å²) in [5.41, 5.74) is 30.0. The highest BCUT2D eigenvalue weighted by Crippen LogP contribution is 2.50. The molecule has 0 saturated carbocycles. The second kappa shape index (κ2) is 18.2. The lowest BCUT2D eigenvalue weighted by molar-refractivity contribution is 1.14. The molecule has 5 heteroatoms. The molecule has 77 heavy (non-hydrogen) atoms. The summed E-state index contributed by atoms with van der Waals surface area (Å²) in [6.07, 6.45) is 0. The van der Waals surface area contributed by atoms with Crippen LogP contribution in [0.4, 0.5) is 51.2 Å². The van der Waals surface area contributed by atoms with Gasteiger partial charge in [-0.15, -0.1) is 0 Å². The van der Waals surface area contributed by atoms with Gasteiger partial charge >= 0.3 is 0 Å². The molecule has 0 amide bonds. The fourth-order valence-electron chi connectivity index (χ4n) is 13.3. The standard InChI is InChI=1S/C72H57BN4/c1-46-39-48(3)71(49(4)40-46)75(72-50(5)41-47(2)42-51(72)6)57-35-36-61-69(45-57)77(68-32-20-31-67-70(68)73(61)60-27-16-17-28-64(60)74(67)56-25-14-9-15-26-56)66-30-19-18-29-65(66)76-62-37-33-54(52-21-10-7-11-22-52)43-58(62)59-44-55(34-38-63(59)76)53-23-12-8-13-24-53/h7-45H,1-6H3. The zero-order chi connectivity index (χ0) is 52.1. The highest BCUT2D eigenvalue weighted by molar-refractivity contribution is 7.00. The van der Waals surface area contributed by atoms with Crippen LogP contribution in [0.25, 0.3) is 49.7 Å². The summed E-state index contributed by atoms with van der Waals surface area (Å²) in [7, 11) is 0. The molecule has 3 heterocycles. The van der Waals surface area contributed by atoms with Crippen molar-refractivity contribution in [1.82, 2.24) is 4.57 Å². The zero-order valence-corrected chi connectivity index (χ0v) is 44.4. The third kappa shape index (κ3) is 7.44. The number of aryl methyl sites for hydroxylation is 6. The number of benzene rings is 11. The number of para-hydroxylation sites is 4. The molecule has 368 valence electrons. The van der Waals surface area contributed by atoms with Gasteiger partial charge in [0.25, 0.3) is 6.71 Å². The molecule has 0 atom stereocenters. The molecule has 12 aromatic rings. The summed E-state index contributed by atoms with van der Waals surface area (Å²) in [6.45, 7) is 13.5. The topological polar surface area (TPSA) is 14.7 Å². The van der Waals surface area contributed by atoms with Gasteiger partial charge in [-0.3, -0.25) is 0 Å². The normalized spacial score (nSPS) is 12.5. The number of nitrogens with zero attached hydrogens (tertiary/aromatic N) is 4. The molecular formula is C72H57BN4. The first kappa shape index (κ1) is 46.2. The monoisotopic (exact) mass is 988 g/mol. The van der Waals surface area contributed by atoms with Gasteiger partial charge in [-0.2, -0.15) is 0 Å². The molecule has 2 aliphatic rings. The van der Waals surface area contributed by atoms with Gasteiger partial charge in [0.05, 0.1) is 33.8 Å². The smallest absolute Gasteiger partial charge is 0.252 e. The van der Waals surface area contributed by atoms with Crippen molar-refractivity contribution in [3.05, 3.63) is 270 Å². The first-order valence-electron chi connectivity index (χ1n) is 27.0. The van der Waals surface area contributed by atoms with Crippen molar-refractivity contribution in [2.75, 3.05) is 14.7 Å². The van der Waals surface area contributed by atoms with Gasteiger partial charge in [-0.25, -0.2) is 0 Å². The molecule has 0 fully saturated rings. The molecule has 0 bridgehead atoms. The van der Waals surface area contributed by atoms with Crippen molar-refractivity contribution < 1.29 is 0 Å². The Labute approximate surface area is 452 Å². The molecular weight excluding hydrogens is 932 g/mol. The van der Waals surface area contributed by atoms with Crippen LogP contribution in [0, 0.1) is 41.5 Å². The number of aromatic nitrogens is 1. The fraction of sp³-hybridized carbons (Fsp3) is 0.0833. The Balaban J connectivity index is 1.07. The van der Waals surface area contributed by atoms with E-state index in [-0.39, 0.29) is 6.71 Å². The Bertz CT molecular complexity index is 4110. The Hall–Kier alpha value is -9.32. The lowest BCUT2D eigenvalue weighted by Crippen LogP contribution is -2.61. The largest absolute Gasteiger partial charge is 0.311 e. The van der Waals surface area contributed by atoms with E-state index in [1.807, 2.05) is 0 Å². The second-order valence-electron chi connectivity index (χ2n) is 21.3. The van der Waals surface area contributed by atoms with Gasteiger partial charge in [-0.05, 0) is 181 Å². The van der Waals surface area contributed by atoms with Crippen LogP contribution in [0.5, 0.6) is 0 Å². The number of hydrogen-bond donors (Lipinski definition) is 0. The van der Waals surface area contributed by atoms with Crippen LogP contribution in [-0.2, 0) is 0 Å². The second-order valence-corrected chi connectivity index (χ2v) is 21.3. The first-order valence-corrected chi connectivity index (χ1v) is 27.0. The predicted molar refractivity (Wildman–Crippen MR) is 329 cm³/mol. The van der Waals surface area contributed by atoms with Gasteiger partial charge < -0.3 is 19.3 Å². The Morgan fingerprint density at radius 3 is 1.34 bits per heavy atom. The highest BCUT2D eigenvalue weighted by atomic mass is 15.2. The molecule has 0 aliphatic carbocycles. The van der Waals surface area contributed by atoms with E-state index in [0.29, 0.717) is 0 Å². The average Bonchev–Trinajstić information content (AvgIpc) is 3.98. The van der Waals surface area contributed by atoms with E-state index in [1.54, 1.807) is 0 Å². The minimum atomic E-state index is -0.0370. The molecule has 11 aromatic carbocycles. The third-order valence-electron chi connectivity index (χ3n) is 16.2. The van der Waals surface area contributed by atoms with Crippen LogP contribution in [-0.4, -0.2) is 11.3 Å². The van der Waals surface area contributed by atoms with Crippen LogP contribution in [0.15, 0.2) is 237 Å². The van der Waals surface area contributed by atoms with Gasteiger partial charge in [0, 0.05) is 44.9 Å². The molecule has 14 rings (SSSR count). The third-order valence-corrected chi connectivity index (χ3v) is 16.2. The van der Waals surface area contributed by atoms with E-state index >= 15 is 0 Å². The summed E-state index contributed by atoms with van der Waals surface area (Å²) in [4.78, 5) is 7.62. The molecule has 0 radical (unpaired) electrons. The van der Waals surface area contributed by atoms with Crippen LogP contribution in [0.3, 0.4) is 0 Å². The Kier molecular flexibility index (Phi) is 10.9. The van der Waals surface area contributed by atoms with E-state index in [9.17, 15) is 0 Å². The maximum Gasteiger partial charge on any atom is 0.252 e. The number of fused-ring (bicyclic) bond motifs is 7. The van der Waals surface area contributed by atoms with Crippen molar-refractivity contribution in [3.8, 4) is 27.9 Å². The summed E-state index contributed by atoms with van der Waals surface area (Å²) < 4.78 is 2.52. The van der Waals surface area contributed by atoms with E-state index in [4.69, 9.17) is 0 Å². The van der Waals surface area contributed by atoms with Gasteiger partial charge in [0.1, 0.15) is 0 Å². The van der Waals surface area contributed by atoms with E-state index in [0.717, 1.165) is 45.2 Å². The molecule has 1 aromatic heterocycles. The summed E-state index contributed by atoms with van der Waals surface area (Å²) in [6, 6.07) is 88.3. The van der Waals surface area contributed by atoms with Crippen LogP contribution < -0.4 is 31.1 Å². The van der Waals surface area contributed by atoms with Crippen molar-refractivity contribution in [2.24, 2.45) is 0 Å². The maximum absolute atomic E-state index is 2.59. The van der Waals surface area contributed by atoms with E-state index in [2.05, 4.69) is 297 Å².